The minimum atomic E-state index is -3.71. The second kappa shape index (κ2) is 6.54. The number of hydrogen-bond acceptors (Lipinski definition) is 4. The highest BCUT2D eigenvalue weighted by Crippen LogP contribution is 2.28. The first kappa shape index (κ1) is 16.4. The third-order valence-electron chi connectivity index (χ3n) is 4.03. The Bertz CT molecular complexity index is 774. The molecule has 0 unspecified atom stereocenters. The Morgan fingerprint density at radius 2 is 2.00 bits per heavy atom. The fourth-order valence-electron chi connectivity index (χ4n) is 2.80. The number of benzene rings is 1. The summed E-state index contributed by atoms with van der Waals surface area (Å²) < 4.78 is 42.4. The van der Waals surface area contributed by atoms with Gasteiger partial charge in [-0.25, -0.2) is 27.2 Å². The number of nitrogens with zero attached hydrogens (tertiary/aromatic N) is 3. The maximum absolute atomic E-state index is 13.2. The summed E-state index contributed by atoms with van der Waals surface area (Å²) in [4.78, 5) is 3.90. The first-order valence-corrected chi connectivity index (χ1v) is 9.13. The van der Waals surface area contributed by atoms with Crippen molar-refractivity contribution in [1.82, 2.24) is 19.5 Å². The summed E-state index contributed by atoms with van der Waals surface area (Å²) in [5, 5.41) is 3.92. The van der Waals surface area contributed by atoms with Crippen molar-refractivity contribution >= 4 is 21.6 Å². The summed E-state index contributed by atoms with van der Waals surface area (Å²) in [6.45, 7) is 0. The predicted octanol–water partition coefficient (Wildman–Crippen LogP) is 2.53. The summed E-state index contributed by atoms with van der Waals surface area (Å²) in [6.07, 6.45) is 6.22. The van der Waals surface area contributed by atoms with Gasteiger partial charge in [-0.2, -0.15) is 5.10 Å². The Labute approximate surface area is 138 Å². The monoisotopic (exact) mass is 358 g/mol. The zero-order chi connectivity index (χ0) is 16.4. The SMILES string of the molecule is O=S(=O)(NC1CCC(n2cncn2)CC1)c1ccc(F)c(Cl)c1. The summed E-state index contributed by atoms with van der Waals surface area (Å²) in [7, 11) is -3.71. The van der Waals surface area contributed by atoms with Gasteiger partial charge in [0.05, 0.1) is 16.0 Å². The third-order valence-corrected chi connectivity index (χ3v) is 5.84. The van der Waals surface area contributed by atoms with Gasteiger partial charge in [0.2, 0.25) is 10.0 Å². The topological polar surface area (TPSA) is 76.9 Å². The lowest BCUT2D eigenvalue weighted by Crippen LogP contribution is -2.38. The van der Waals surface area contributed by atoms with Crippen LogP contribution in [0.5, 0.6) is 0 Å². The van der Waals surface area contributed by atoms with Gasteiger partial charge < -0.3 is 0 Å². The summed E-state index contributed by atoms with van der Waals surface area (Å²) >= 11 is 5.66. The van der Waals surface area contributed by atoms with Gasteiger partial charge in [-0.3, -0.25) is 0 Å². The summed E-state index contributed by atoms with van der Waals surface area (Å²) in [5.74, 6) is -0.640. The highest BCUT2D eigenvalue weighted by Gasteiger charge is 2.27. The lowest BCUT2D eigenvalue weighted by Gasteiger charge is -2.28. The molecule has 23 heavy (non-hydrogen) atoms. The first-order chi connectivity index (χ1) is 11.0. The molecule has 1 fully saturated rings. The zero-order valence-electron chi connectivity index (χ0n) is 12.2. The average Bonchev–Trinajstić information content (AvgIpc) is 3.04. The molecule has 1 aliphatic carbocycles. The van der Waals surface area contributed by atoms with Crippen LogP contribution >= 0.6 is 11.6 Å². The molecule has 0 spiro atoms. The van der Waals surface area contributed by atoms with E-state index in [1.54, 1.807) is 6.33 Å². The molecule has 6 nitrogen and oxygen atoms in total. The highest BCUT2D eigenvalue weighted by molar-refractivity contribution is 7.89. The van der Waals surface area contributed by atoms with Gasteiger partial charge in [0.15, 0.2) is 0 Å². The fourth-order valence-corrected chi connectivity index (χ4v) is 4.37. The first-order valence-electron chi connectivity index (χ1n) is 7.27. The molecular formula is C14H16ClFN4O2S. The normalized spacial score (nSPS) is 22.2. The van der Waals surface area contributed by atoms with Gasteiger partial charge >= 0.3 is 0 Å². The lowest BCUT2D eigenvalue weighted by atomic mass is 9.92. The van der Waals surface area contributed by atoms with Crippen LogP contribution in [0.1, 0.15) is 31.7 Å². The molecule has 1 aliphatic rings. The van der Waals surface area contributed by atoms with Crippen molar-refractivity contribution in [3.8, 4) is 0 Å². The van der Waals surface area contributed by atoms with E-state index in [0.29, 0.717) is 12.8 Å². The van der Waals surface area contributed by atoms with Gasteiger partial charge in [0, 0.05) is 6.04 Å². The molecule has 0 saturated heterocycles. The van der Waals surface area contributed by atoms with E-state index >= 15 is 0 Å². The molecule has 0 radical (unpaired) electrons. The third kappa shape index (κ3) is 3.70. The van der Waals surface area contributed by atoms with E-state index in [-0.39, 0.29) is 22.0 Å². The van der Waals surface area contributed by atoms with Gasteiger partial charge in [0.1, 0.15) is 18.5 Å². The highest BCUT2D eigenvalue weighted by atomic mass is 35.5. The Hall–Kier alpha value is -1.51. The van der Waals surface area contributed by atoms with Gasteiger partial charge in [-0.15, -0.1) is 0 Å². The van der Waals surface area contributed by atoms with Crippen LogP contribution in [-0.2, 0) is 10.0 Å². The van der Waals surface area contributed by atoms with Crippen molar-refractivity contribution in [2.45, 2.75) is 42.7 Å². The van der Waals surface area contributed by atoms with Crippen molar-refractivity contribution in [2.75, 3.05) is 0 Å². The number of halogens is 2. The minimum absolute atomic E-state index is 0.0256. The molecule has 0 atom stereocenters. The molecule has 1 aromatic heterocycles. The molecule has 0 amide bonds. The molecular weight excluding hydrogens is 343 g/mol. The maximum Gasteiger partial charge on any atom is 0.240 e. The fraction of sp³-hybridized carbons (Fsp3) is 0.429. The van der Waals surface area contributed by atoms with E-state index in [9.17, 15) is 12.8 Å². The van der Waals surface area contributed by atoms with E-state index in [1.165, 1.54) is 12.4 Å². The van der Waals surface area contributed by atoms with Crippen LogP contribution in [-0.4, -0.2) is 29.2 Å². The standard InChI is InChI=1S/C14H16ClFN4O2S/c15-13-7-12(5-6-14(13)16)23(21,22)19-10-1-3-11(4-2-10)20-9-17-8-18-20/h5-11,19H,1-4H2. The Morgan fingerprint density at radius 3 is 2.61 bits per heavy atom. The molecule has 9 heteroatoms. The zero-order valence-corrected chi connectivity index (χ0v) is 13.8. The molecule has 1 aromatic carbocycles. The molecule has 1 heterocycles. The van der Waals surface area contributed by atoms with Crippen LogP contribution in [0.25, 0.3) is 0 Å². The van der Waals surface area contributed by atoms with Crippen LogP contribution in [0.15, 0.2) is 35.7 Å². The number of hydrogen-bond donors (Lipinski definition) is 1. The van der Waals surface area contributed by atoms with E-state index in [2.05, 4.69) is 14.8 Å². The van der Waals surface area contributed by atoms with E-state index in [0.717, 1.165) is 25.0 Å². The molecule has 3 rings (SSSR count). The van der Waals surface area contributed by atoms with Gasteiger partial charge in [-0.1, -0.05) is 11.6 Å². The Kier molecular flexibility index (Phi) is 4.65. The van der Waals surface area contributed by atoms with Gasteiger partial charge in [0.25, 0.3) is 0 Å². The summed E-state index contributed by atoms with van der Waals surface area (Å²) in [5.41, 5.74) is 0. The predicted molar refractivity (Wildman–Crippen MR) is 83.0 cm³/mol. The van der Waals surface area contributed by atoms with E-state index in [1.807, 2.05) is 4.68 Å². The molecule has 0 aliphatic heterocycles. The van der Waals surface area contributed by atoms with Gasteiger partial charge in [-0.05, 0) is 43.9 Å². The van der Waals surface area contributed by atoms with Crippen LogP contribution in [0, 0.1) is 5.82 Å². The largest absolute Gasteiger partial charge is 0.250 e. The van der Waals surface area contributed by atoms with Crippen LogP contribution in [0.3, 0.4) is 0 Å². The van der Waals surface area contributed by atoms with E-state index < -0.39 is 15.8 Å². The van der Waals surface area contributed by atoms with Crippen LogP contribution < -0.4 is 4.72 Å². The quantitative estimate of drug-likeness (QED) is 0.911. The van der Waals surface area contributed by atoms with Crippen molar-refractivity contribution in [1.29, 1.82) is 0 Å². The molecule has 0 bridgehead atoms. The van der Waals surface area contributed by atoms with Crippen LogP contribution in [0.4, 0.5) is 4.39 Å². The van der Waals surface area contributed by atoms with Crippen molar-refractivity contribution in [3.05, 3.63) is 41.7 Å². The minimum Gasteiger partial charge on any atom is -0.250 e. The summed E-state index contributed by atoms with van der Waals surface area (Å²) in [6, 6.07) is 3.49. The lowest BCUT2D eigenvalue weighted by molar-refractivity contribution is 0.293. The Balaban J connectivity index is 1.64. The second-order valence-electron chi connectivity index (χ2n) is 5.58. The van der Waals surface area contributed by atoms with E-state index in [4.69, 9.17) is 11.6 Å². The number of rotatable bonds is 4. The Morgan fingerprint density at radius 1 is 1.26 bits per heavy atom. The molecule has 2 aromatic rings. The maximum atomic E-state index is 13.2. The molecule has 124 valence electrons. The van der Waals surface area contributed by atoms with Crippen molar-refractivity contribution < 1.29 is 12.8 Å². The molecule has 1 N–H and O–H groups in total. The number of nitrogens with one attached hydrogen (secondary N) is 1. The smallest absolute Gasteiger partial charge is 0.240 e. The second-order valence-corrected chi connectivity index (χ2v) is 7.70. The van der Waals surface area contributed by atoms with Crippen LogP contribution in [0.2, 0.25) is 5.02 Å². The number of aromatic nitrogens is 3. The molecule has 1 saturated carbocycles. The van der Waals surface area contributed by atoms with Crippen molar-refractivity contribution in [2.24, 2.45) is 0 Å². The average molecular weight is 359 g/mol. The van der Waals surface area contributed by atoms with Crippen molar-refractivity contribution in [3.63, 3.8) is 0 Å². The number of sulfonamides is 1.